The van der Waals surface area contributed by atoms with Gasteiger partial charge < -0.3 is 10.6 Å². The Morgan fingerprint density at radius 3 is 2.50 bits per heavy atom. The highest BCUT2D eigenvalue weighted by Gasteiger charge is 2.35. The van der Waals surface area contributed by atoms with Crippen LogP contribution in [0.25, 0.3) is 0 Å². The van der Waals surface area contributed by atoms with Gasteiger partial charge in [-0.3, -0.25) is 9.69 Å². The molecule has 1 rings (SSSR count). The first-order chi connectivity index (χ1) is 8.42. The van der Waals surface area contributed by atoms with E-state index in [9.17, 15) is 18.0 Å². The number of rotatable bonds is 5. The van der Waals surface area contributed by atoms with Crippen molar-refractivity contribution in [3.05, 3.63) is 0 Å². The number of nitrogens with one attached hydrogen (secondary N) is 2. The molecule has 0 atom stereocenters. The predicted molar refractivity (Wildman–Crippen MR) is 62.2 cm³/mol. The van der Waals surface area contributed by atoms with E-state index in [4.69, 9.17) is 0 Å². The van der Waals surface area contributed by atoms with Gasteiger partial charge in [-0.1, -0.05) is 0 Å². The molecule has 0 saturated carbocycles. The summed E-state index contributed by atoms with van der Waals surface area (Å²) < 4.78 is 37.5. The Morgan fingerprint density at radius 2 is 2.00 bits per heavy atom. The van der Waals surface area contributed by atoms with Crippen molar-refractivity contribution in [1.29, 1.82) is 0 Å². The molecule has 1 aliphatic rings. The number of carbonyl (C=O) groups excluding carboxylic acids is 1. The van der Waals surface area contributed by atoms with E-state index in [0.717, 1.165) is 0 Å². The summed E-state index contributed by atoms with van der Waals surface area (Å²) in [6.45, 7) is 2.39. The standard InChI is InChI=1S/C11H20F3N3O/c1-2-16-10(18)7-17(8-11(12,13)14)9-3-5-15-6-4-9/h9,15H,2-8H2,1H3,(H,16,18). The van der Waals surface area contributed by atoms with Gasteiger partial charge in [-0.2, -0.15) is 13.2 Å². The third kappa shape index (κ3) is 5.68. The molecular weight excluding hydrogens is 247 g/mol. The first-order valence-corrected chi connectivity index (χ1v) is 6.20. The zero-order valence-corrected chi connectivity index (χ0v) is 10.5. The van der Waals surface area contributed by atoms with Crippen LogP contribution < -0.4 is 10.6 Å². The molecule has 4 nitrogen and oxygen atoms in total. The molecule has 1 fully saturated rings. The highest BCUT2D eigenvalue weighted by Crippen LogP contribution is 2.20. The summed E-state index contributed by atoms with van der Waals surface area (Å²) in [5.74, 6) is -0.347. The Labute approximate surface area is 105 Å². The molecule has 7 heteroatoms. The first kappa shape index (κ1) is 15.2. The molecule has 0 bridgehead atoms. The SMILES string of the molecule is CCNC(=O)CN(CC(F)(F)F)C1CCNCC1. The van der Waals surface area contributed by atoms with E-state index in [2.05, 4.69) is 10.6 Å². The average Bonchev–Trinajstić information content (AvgIpc) is 2.28. The lowest BCUT2D eigenvalue weighted by molar-refractivity contribution is -0.154. The van der Waals surface area contributed by atoms with Crippen LogP contribution in [-0.2, 0) is 4.79 Å². The second kappa shape index (κ2) is 6.94. The normalized spacial score (nSPS) is 18.1. The molecule has 0 radical (unpaired) electrons. The van der Waals surface area contributed by atoms with Crippen LogP contribution in [0.2, 0.25) is 0 Å². The number of nitrogens with zero attached hydrogens (tertiary/aromatic N) is 1. The highest BCUT2D eigenvalue weighted by atomic mass is 19.4. The van der Waals surface area contributed by atoms with E-state index in [1.807, 2.05) is 0 Å². The zero-order valence-electron chi connectivity index (χ0n) is 10.5. The summed E-state index contributed by atoms with van der Waals surface area (Å²) in [5, 5.41) is 5.64. The number of piperidine rings is 1. The molecular formula is C11H20F3N3O. The summed E-state index contributed by atoms with van der Waals surface area (Å²) in [6, 6.07) is -0.171. The van der Waals surface area contributed by atoms with Gasteiger partial charge in [0, 0.05) is 12.6 Å². The van der Waals surface area contributed by atoms with Crippen molar-refractivity contribution in [2.75, 3.05) is 32.7 Å². The van der Waals surface area contributed by atoms with Crippen LogP contribution in [0.15, 0.2) is 0 Å². The number of hydrogen-bond donors (Lipinski definition) is 2. The van der Waals surface area contributed by atoms with Crippen molar-refractivity contribution in [3.8, 4) is 0 Å². The number of halogens is 3. The van der Waals surface area contributed by atoms with E-state index in [0.29, 0.717) is 32.5 Å². The second-order valence-corrected chi connectivity index (χ2v) is 4.45. The smallest absolute Gasteiger partial charge is 0.355 e. The lowest BCUT2D eigenvalue weighted by atomic mass is 10.0. The van der Waals surface area contributed by atoms with Gasteiger partial charge in [-0.25, -0.2) is 0 Å². The molecule has 1 heterocycles. The van der Waals surface area contributed by atoms with E-state index in [-0.39, 0.29) is 18.5 Å². The summed E-state index contributed by atoms with van der Waals surface area (Å²) in [4.78, 5) is 12.7. The summed E-state index contributed by atoms with van der Waals surface area (Å²) in [5.41, 5.74) is 0. The fraction of sp³-hybridized carbons (Fsp3) is 0.909. The topological polar surface area (TPSA) is 44.4 Å². The Morgan fingerprint density at radius 1 is 1.39 bits per heavy atom. The Bertz CT molecular complexity index is 265. The number of alkyl halides is 3. The van der Waals surface area contributed by atoms with Crippen LogP contribution in [0.3, 0.4) is 0 Å². The first-order valence-electron chi connectivity index (χ1n) is 6.20. The third-order valence-electron chi connectivity index (χ3n) is 2.93. The molecule has 2 N–H and O–H groups in total. The predicted octanol–water partition coefficient (Wildman–Crippen LogP) is 0.739. The summed E-state index contributed by atoms with van der Waals surface area (Å²) in [7, 11) is 0. The van der Waals surface area contributed by atoms with Gasteiger partial charge in [0.2, 0.25) is 5.91 Å². The maximum atomic E-state index is 12.5. The quantitative estimate of drug-likeness (QED) is 0.772. The van der Waals surface area contributed by atoms with Gasteiger partial charge in [0.1, 0.15) is 0 Å². The Hall–Kier alpha value is -0.820. The highest BCUT2D eigenvalue weighted by molar-refractivity contribution is 5.77. The summed E-state index contributed by atoms with van der Waals surface area (Å²) >= 11 is 0. The molecule has 1 aliphatic heterocycles. The van der Waals surface area contributed by atoms with Crippen LogP contribution in [0.4, 0.5) is 13.2 Å². The zero-order chi connectivity index (χ0) is 13.6. The van der Waals surface area contributed by atoms with Crippen LogP contribution in [0.5, 0.6) is 0 Å². The van der Waals surface area contributed by atoms with Gasteiger partial charge >= 0.3 is 6.18 Å². The molecule has 1 amide bonds. The third-order valence-corrected chi connectivity index (χ3v) is 2.93. The monoisotopic (exact) mass is 267 g/mol. The van der Waals surface area contributed by atoms with Crippen LogP contribution in [-0.4, -0.2) is 55.7 Å². The molecule has 0 aromatic heterocycles. The van der Waals surface area contributed by atoms with Crippen molar-refractivity contribution < 1.29 is 18.0 Å². The molecule has 0 unspecified atom stereocenters. The number of hydrogen-bond acceptors (Lipinski definition) is 3. The number of carbonyl (C=O) groups is 1. The van der Waals surface area contributed by atoms with Crippen molar-refractivity contribution in [2.24, 2.45) is 0 Å². The molecule has 0 aromatic carbocycles. The average molecular weight is 267 g/mol. The molecule has 1 saturated heterocycles. The lowest BCUT2D eigenvalue weighted by Gasteiger charge is -2.34. The van der Waals surface area contributed by atoms with Crippen molar-refractivity contribution in [1.82, 2.24) is 15.5 Å². The largest absolute Gasteiger partial charge is 0.401 e. The molecule has 0 aliphatic carbocycles. The van der Waals surface area contributed by atoms with Crippen LogP contribution in [0.1, 0.15) is 19.8 Å². The Balaban J connectivity index is 2.58. The molecule has 18 heavy (non-hydrogen) atoms. The van der Waals surface area contributed by atoms with Gasteiger partial charge in [0.25, 0.3) is 0 Å². The second-order valence-electron chi connectivity index (χ2n) is 4.45. The van der Waals surface area contributed by atoms with E-state index >= 15 is 0 Å². The van der Waals surface area contributed by atoms with Gasteiger partial charge in [0.15, 0.2) is 0 Å². The maximum absolute atomic E-state index is 12.5. The van der Waals surface area contributed by atoms with Crippen molar-refractivity contribution in [3.63, 3.8) is 0 Å². The van der Waals surface area contributed by atoms with E-state index in [1.165, 1.54) is 4.90 Å². The minimum absolute atomic E-state index is 0.171. The van der Waals surface area contributed by atoms with Gasteiger partial charge in [-0.15, -0.1) is 0 Å². The van der Waals surface area contributed by atoms with Crippen LogP contribution >= 0.6 is 0 Å². The Kier molecular flexibility index (Phi) is 5.87. The van der Waals surface area contributed by atoms with Crippen molar-refractivity contribution in [2.45, 2.75) is 32.0 Å². The molecule has 106 valence electrons. The minimum Gasteiger partial charge on any atom is -0.355 e. The fourth-order valence-electron chi connectivity index (χ4n) is 2.15. The summed E-state index contributed by atoms with van der Waals surface area (Å²) in [6.07, 6.45) is -2.97. The molecule has 0 spiro atoms. The van der Waals surface area contributed by atoms with Crippen LogP contribution in [0, 0.1) is 0 Å². The maximum Gasteiger partial charge on any atom is 0.401 e. The van der Waals surface area contributed by atoms with Gasteiger partial charge in [-0.05, 0) is 32.9 Å². The van der Waals surface area contributed by atoms with E-state index in [1.54, 1.807) is 6.92 Å². The minimum atomic E-state index is -4.27. The lowest BCUT2D eigenvalue weighted by Crippen LogP contribution is -2.50. The molecule has 0 aromatic rings. The number of likely N-dealkylation sites (N-methyl/N-ethyl adjacent to an activating group) is 1. The van der Waals surface area contributed by atoms with E-state index < -0.39 is 12.7 Å². The van der Waals surface area contributed by atoms with Gasteiger partial charge in [0.05, 0.1) is 13.1 Å². The fourth-order valence-corrected chi connectivity index (χ4v) is 2.15. The number of amides is 1. The van der Waals surface area contributed by atoms with Crippen molar-refractivity contribution >= 4 is 5.91 Å².